The van der Waals surface area contributed by atoms with Crippen LogP contribution in [0.15, 0.2) is 24.0 Å². The summed E-state index contributed by atoms with van der Waals surface area (Å²) in [5.74, 6) is -0.835. The molecule has 9 atom stereocenters. The third-order valence-electron chi connectivity index (χ3n) is 4.73. The van der Waals surface area contributed by atoms with E-state index in [1.807, 2.05) is 0 Å². The molecule has 1 fully saturated rings. The Morgan fingerprint density at radius 1 is 1.00 bits per heavy atom. The lowest BCUT2D eigenvalue weighted by molar-refractivity contribution is -0.339. The normalized spacial score (nSPS) is 47.9. The molecule has 0 unspecified atom stereocenters. The van der Waals surface area contributed by atoms with Gasteiger partial charge in [0.05, 0.1) is 31.5 Å². The molecule has 3 aliphatic rings. The fourth-order valence-electron chi connectivity index (χ4n) is 3.38. The Bertz CT molecular complexity index is 505. The maximum Gasteiger partial charge on any atom is 0.209 e. The molecule has 0 aromatic rings. The molecule has 9 nitrogen and oxygen atoms in total. The van der Waals surface area contributed by atoms with E-state index < -0.39 is 55.6 Å². The summed E-state index contributed by atoms with van der Waals surface area (Å²) in [6, 6.07) is 0. The van der Waals surface area contributed by atoms with Crippen molar-refractivity contribution >= 4 is 0 Å². The lowest BCUT2D eigenvalue weighted by atomic mass is 9.88. The Morgan fingerprint density at radius 2 is 1.75 bits per heavy atom. The predicted octanol–water partition coefficient (Wildman–Crippen LogP) is -2.80. The highest BCUT2D eigenvalue weighted by Gasteiger charge is 2.49. The van der Waals surface area contributed by atoms with E-state index in [-0.39, 0.29) is 12.5 Å². The largest absolute Gasteiger partial charge is 0.472 e. The Labute approximate surface area is 138 Å². The van der Waals surface area contributed by atoms with Gasteiger partial charge in [-0.25, -0.2) is 0 Å². The van der Waals surface area contributed by atoms with Crippen LogP contribution in [0.1, 0.15) is 0 Å². The van der Waals surface area contributed by atoms with E-state index in [9.17, 15) is 30.6 Å². The zero-order valence-electron chi connectivity index (χ0n) is 12.8. The number of aliphatic hydroxyl groups excluding tert-OH is 6. The molecule has 0 amide bonds. The zero-order chi connectivity index (χ0) is 17.4. The van der Waals surface area contributed by atoms with Crippen LogP contribution in [-0.4, -0.2) is 87.0 Å². The molecule has 9 heteroatoms. The van der Waals surface area contributed by atoms with Gasteiger partial charge < -0.3 is 44.8 Å². The molecule has 1 aliphatic carbocycles. The fraction of sp³-hybridized carbons (Fsp3) is 0.733. The van der Waals surface area contributed by atoms with Crippen LogP contribution in [0.25, 0.3) is 0 Å². The highest BCUT2D eigenvalue weighted by molar-refractivity contribution is 5.25. The van der Waals surface area contributed by atoms with Crippen LogP contribution in [0.4, 0.5) is 0 Å². The van der Waals surface area contributed by atoms with Crippen LogP contribution < -0.4 is 0 Å². The Morgan fingerprint density at radius 3 is 2.42 bits per heavy atom. The molecule has 2 heterocycles. The number of ether oxygens (including phenoxy) is 3. The standard InChI is InChI=1S/C15H22O9/c16-4-6-3-8(18)7-1-2-22-14(10(6)7)24-15-13(21)12(20)11(19)9(5-17)23-15/h1-3,7-21H,4-5H2/t7-,8-,9-,10-,11-,12+,13-,14+,15+/m1/s1. The first-order valence-corrected chi connectivity index (χ1v) is 7.75. The molecule has 0 spiro atoms. The third-order valence-corrected chi connectivity index (χ3v) is 4.73. The zero-order valence-corrected chi connectivity index (χ0v) is 12.8. The lowest BCUT2D eigenvalue weighted by Gasteiger charge is -2.42. The molecule has 2 aliphatic heterocycles. The number of rotatable bonds is 4. The summed E-state index contributed by atoms with van der Waals surface area (Å²) in [5.41, 5.74) is 0.534. The van der Waals surface area contributed by atoms with Crippen molar-refractivity contribution in [2.75, 3.05) is 13.2 Å². The molecule has 0 aromatic heterocycles. The molecule has 0 saturated carbocycles. The second kappa shape index (κ2) is 7.06. The summed E-state index contributed by atoms with van der Waals surface area (Å²) in [6.45, 7) is -0.854. The van der Waals surface area contributed by atoms with E-state index in [1.165, 1.54) is 12.3 Å². The summed E-state index contributed by atoms with van der Waals surface area (Å²) >= 11 is 0. The second-order valence-electron chi connectivity index (χ2n) is 6.16. The van der Waals surface area contributed by atoms with E-state index in [0.717, 1.165) is 0 Å². The number of fused-ring (bicyclic) bond motifs is 1. The van der Waals surface area contributed by atoms with Gasteiger partial charge in [-0.3, -0.25) is 0 Å². The molecular weight excluding hydrogens is 324 g/mol. The molecule has 136 valence electrons. The minimum absolute atomic E-state index is 0.288. The molecule has 24 heavy (non-hydrogen) atoms. The van der Waals surface area contributed by atoms with E-state index >= 15 is 0 Å². The fourth-order valence-corrected chi connectivity index (χ4v) is 3.38. The molecule has 1 saturated heterocycles. The van der Waals surface area contributed by atoms with Crippen molar-refractivity contribution < 1.29 is 44.8 Å². The molecule has 0 bridgehead atoms. The van der Waals surface area contributed by atoms with Crippen LogP contribution >= 0.6 is 0 Å². The summed E-state index contributed by atoms with van der Waals surface area (Å²) in [4.78, 5) is 0. The molecular formula is C15H22O9. The van der Waals surface area contributed by atoms with Crippen molar-refractivity contribution in [2.24, 2.45) is 11.8 Å². The van der Waals surface area contributed by atoms with Crippen molar-refractivity contribution in [1.82, 2.24) is 0 Å². The maximum absolute atomic E-state index is 10.0. The first-order valence-electron chi connectivity index (χ1n) is 7.75. The Hall–Kier alpha value is -1.04. The van der Waals surface area contributed by atoms with E-state index in [1.54, 1.807) is 6.08 Å². The van der Waals surface area contributed by atoms with Crippen molar-refractivity contribution in [3.8, 4) is 0 Å². The van der Waals surface area contributed by atoms with Crippen LogP contribution in [-0.2, 0) is 14.2 Å². The first kappa shape index (κ1) is 17.8. The smallest absolute Gasteiger partial charge is 0.209 e. The topological polar surface area (TPSA) is 149 Å². The van der Waals surface area contributed by atoms with Gasteiger partial charge in [0.25, 0.3) is 0 Å². The van der Waals surface area contributed by atoms with Gasteiger partial charge in [0, 0.05) is 5.92 Å². The highest BCUT2D eigenvalue weighted by Crippen LogP contribution is 2.40. The summed E-state index contributed by atoms with van der Waals surface area (Å²) < 4.78 is 16.3. The summed E-state index contributed by atoms with van der Waals surface area (Å²) in [5, 5.41) is 58.3. The van der Waals surface area contributed by atoms with Gasteiger partial charge in [0.1, 0.15) is 24.4 Å². The number of hydrogen-bond donors (Lipinski definition) is 6. The molecule has 6 N–H and O–H groups in total. The SMILES string of the molecule is OCC1=C[C@@H](O)[C@H]2C=CO[C@@H](O[C@@H]3O[C@H](CO)[C@@H](O)[C@H](O)[C@H]3O)[C@H]12. The number of hydrogen-bond acceptors (Lipinski definition) is 9. The summed E-state index contributed by atoms with van der Waals surface area (Å²) in [7, 11) is 0. The highest BCUT2D eigenvalue weighted by atomic mass is 16.8. The van der Waals surface area contributed by atoms with Gasteiger partial charge in [-0.15, -0.1) is 0 Å². The third kappa shape index (κ3) is 2.98. The average Bonchev–Trinajstić information content (AvgIpc) is 2.92. The summed E-state index contributed by atoms with van der Waals surface area (Å²) in [6.07, 6.45) is -4.27. The Kier molecular flexibility index (Phi) is 5.23. The van der Waals surface area contributed by atoms with Gasteiger partial charge in [0.15, 0.2) is 6.29 Å². The minimum atomic E-state index is -1.56. The van der Waals surface area contributed by atoms with Crippen LogP contribution in [0.3, 0.4) is 0 Å². The molecule has 0 radical (unpaired) electrons. The molecule has 3 rings (SSSR count). The van der Waals surface area contributed by atoms with E-state index in [2.05, 4.69) is 0 Å². The molecule has 0 aromatic carbocycles. The van der Waals surface area contributed by atoms with Gasteiger partial charge in [-0.1, -0.05) is 6.08 Å². The van der Waals surface area contributed by atoms with Gasteiger partial charge >= 0.3 is 0 Å². The van der Waals surface area contributed by atoms with Crippen LogP contribution in [0.2, 0.25) is 0 Å². The number of aliphatic hydroxyl groups is 6. The van der Waals surface area contributed by atoms with Crippen molar-refractivity contribution in [3.05, 3.63) is 24.0 Å². The minimum Gasteiger partial charge on any atom is -0.472 e. The van der Waals surface area contributed by atoms with Crippen molar-refractivity contribution in [1.29, 1.82) is 0 Å². The van der Waals surface area contributed by atoms with Crippen LogP contribution in [0, 0.1) is 11.8 Å². The van der Waals surface area contributed by atoms with Crippen LogP contribution in [0.5, 0.6) is 0 Å². The Balaban J connectivity index is 1.75. The first-order chi connectivity index (χ1) is 11.5. The monoisotopic (exact) mass is 346 g/mol. The predicted molar refractivity (Wildman–Crippen MR) is 77.0 cm³/mol. The van der Waals surface area contributed by atoms with Crippen molar-refractivity contribution in [2.45, 2.75) is 43.1 Å². The van der Waals surface area contributed by atoms with Gasteiger partial charge in [-0.2, -0.15) is 0 Å². The quantitative estimate of drug-likeness (QED) is 0.297. The second-order valence-corrected chi connectivity index (χ2v) is 6.16. The van der Waals surface area contributed by atoms with E-state index in [0.29, 0.717) is 5.57 Å². The van der Waals surface area contributed by atoms with Crippen molar-refractivity contribution in [3.63, 3.8) is 0 Å². The van der Waals surface area contributed by atoms with Gasteiger partial charge in [0.2, 0.25) is 6.29 Å². The lowest BCUT2D eigenvalue weighted by Crippen LogP contribution is -2.60. The van der Waals surface area contributed by atoms with E-state index in [4.69, 9.17) is 14.2 Å². The van der Waals surface area contributed by atoms with Gasteiger partial charge in [-0.05, 0) is 11.6 Å². The maximum atomic E-state index is 10.0. The average molecular weight is 346 g/mol.